The first-order valence-corrected chi connectivity index (χ1v) is 9.70. The van der Waals surface area contributed by atoms with Gasteiger partial charge in [-0.1, -0.05) is 0 Å². The van der Waals surface area contributed by atoms with E-state index in [-0.39, 0.29) is 16.8 Å². The van der Waals surface area contributed by atoms with Gasteiger partial charge in [0, 0.05) is 37.7 Å². The summed E-state index contributed by atoms with van der Waals surface area (Å²) in [7, 11) is -3.30. The number of rotatable bonds is 3. The lowest BCUT2D eigenvalue weighted by Gasteiger charge is -2.34. The molecule has 1 aromatic carbocycles. The molecule has 0 radical (unpaired) electrons. The number of sulfone groups is 1. The molecular formula is C16H20N4O3S. The van der Waals surface area contributed by atoms with Crippen LogP contribution in [0.5, 0.6) is 0 Å². The minimum atomic E-state index is -3.30. The molecule has 1 atom stereocenters. The monoisotopic (exact) mass is 348 g/mol. The Bertz CT molecular complexity index is 882. The molecule has 1 N–H and O–H groups in total. The zero-order chi connectivity index (χ0) is 17.3. The minimum Gasteiger partial charge on any atom is -0.354 e. The summed E-state index contributed by atoms with van der Waals surface area (Å²) >= 11 is 0. The maximum absolute atomic E-state index is 11.8. The Morgan fingerprint density at radius 3 is 2.83 bits per heavy atom. The second kappa shape index (κ2) is 6.35. The third-order valence-corrected chi connectivity index (χ3v) is 5.25. The van der Waals surface area contributed by atoms with Gasteiger partial charge in [0.1, 0.15) is 12.1 Å². The first kappa shape index (κ1) is 16.6. The molecule has 0 saturated carbocycles. The Labute approximate surface area is 141 Å². The highest BCUT2D eigenvalue weighted by Crippen LogP contribution is 2.27. The van der Waals surface area contributed by atoms with E-state index in [0.29, 0.717) is 23.3 Å². The number of nitrogens with zero attached hydrogens (tertiary/aromatic N) is 3. The maximum Gasteiger partial charge on any atom is 0.217 e. The van der Waals surface area contributed by atoms with E-state index in [4.69, 9.17) is 0 Å². The molecule has 24 heavy (non-hydrogen) atoms. The Morgan fingerprint density at radius 2 is 2.12 bits per heavy atom. The van der Waals surface area contributed by atoms with Crippen LogP contribution in [0.4, 0.5) is 5.82 Å². The van der Waals surface area contributed by atoms with Crippen LogP contribution in [0, 0.1) is 0 Å². The number of piperidine rings is 1. The van der Waals surface area contributed by atoms with E-state index in [1.807, 2.05) is 0 Å². The van der Waals surface area contributed by atoms with Gasteiger partial charge in [-0.3, -0.25) is 4.79 Å². The van der Waals surface area contributed by atoms with Crippen LogP contribution in [0.3, 0.4) is 0 Å². The SMILES string of the molecule is CC(=O)NC1CCCN(c2ncnc3ccc(S(C)(=O)=O)cc23)C1. The van der Waals surface area contributed by atoms with Gasteiger partial charge in [-0.05, 0) is 31.0 Å². The van der Waals surface area contributed by atoms with Gasteiger partial charge in [-0.15, -0.1) is 0 Å². The Balaban J connectivity index is 2.00. The summed E-state index contributed by atoms with van der Waals surface area (Å²) in [5, 5.41) is 3.66. The van der Waals surface area contributed by atoms with E-state index in [2.05, 4.69) is 20.2 Å². The smallest absolute Gasteiger partial charge is 0.217 e. The molecule has 1 aromatic heterocycles. The molecule has 1 aliphatic rings. The average molecular weight is 348 g/mol. The zero-order valence-corrected chi connectivity index (χ0v) is 14.5. The molecule has 7 nitrogen and oxygen atoms in total. The van der Waals surface area contributed by atoms with Crippen molar-refractivity contribution in [2.24, 2.45) is 0 Å². The van der Waals surface area contributed by atoms with Crippen molar-refractivity contribution in [1.82, 2.24) is 15.3 Å². The standard InChI is InChI=1S/C16H20N4O3S/c1-11(21)19-12-4-3-7-20(9-12)16-14-8-13(24(2,22)23)5-6-15(14)17-10-18-16/h5-6,8,10,12H,3-4,7,9H2,1-2H3,(H,19,21). The highest BCUT2D eigenvalue weighted by atomic mass is 32.2. The van der Waals surface area contributed by atoms with E-state index < -0.39 is 9.84 Å². The average Bonchev–Trinajstić information content (AvgIpc) is 2.52. The molecular weight excluding hydrogens is 328 g/mol. The molecule has 1 unspecified atom stereocenters. The minimum absolute atomic E-state index is 0.0474. The van der Waals surface area contributed by atoms with Crippen LogP contribution in [0.2, 0.25) is 0 Å². The molecule has 8 heteroatoms. The van der Waals surface area contributed by atoms with Crippen LogP contribution in [0.1, 0.15) is 19.8 Å². The second-order valence-corrected chi connectivity index (χ2v) is 8.15. The van der Waals surface area contributed by atoms with E-state index in [1.54, 1.807) is 18.2 Å². The fourth-order valence-corrected chi connectivity index (χ4v) is 3.73. The number of carbonyl (C=O) groups is 1. The largest absolute Gasteiger partial charge is 0.354 e. The number of amides is 1. The van der Waals surface area contributed by atoms with Crippen LogP contribution < -0.4 is 10.2 Å². The summed E-state index contributed by atoms with van der Waals surface area (Å²) in [6.07, 6.45) is 4.53. The summed E-state index contributed by atoms with van der Waals surface area (Å²) in [4.78, 5) is 22.2. The van der Waals surface area contributed by atoms with Crippen molar-refractivity contribution in [3.63, 3.8) is 0 Å². The molecule has 3 rings (SSSR count). The lowest BCUT2D eigenvalue weighted by atomic mass is 10.1. The summed E-state index contributed by atoms with van der Waals surface area (Å²) in [5.41, 5.74) is 0.703. The van der Waals surface area contributed by atoms with Gasteiger partial charge in [0.15, 0.2) is 9.84 Å². The Kier molecular flexibility index (Phi) is 4.40. The molecule has 2 heterocycles. The van der Waals surface area contributed by atoms with Gasteiger partial charge < -0.3 is 10.2 Å². The zero-order valence-electron chi connectivity index (χ0n) is 13.7. The van der Waals surface area contributed by atoms with Gasteiger partial charge in [0.25, 0.3) is 0 Å². The summed E-state index contributed by atoms with van der Waals surface area (Å²) < 4.78 is 23.7. The van der Waals surface area contributed by atoms with Gasteiger partial charge in [0.2, 0.25) is 5.91 Å². The lowest BCUT2D eigenvalue weighted by molar-refractivity contribution is -0.119. The Hall–Kier alpha value is -2.22. The van der Waals surface area contributed by atoms with Gasteiger partial charge >= 0.3 is 0 Å². The molecule has 1 saturated heterocycles. The third-order valence-electron chi connectivity index (χ3n) is 4.14. The quantitative estimate of drug-likeness (QED) is 0.894. The van der Waals surface area contributed by atoms with E-state index in [1.165, 1.54) is 19.5 Å². The highest BCUT2D eigenvalue weighted by Gasteiger charge is 2.23. The molecule has 0 spiro atoms. The van der Waals surface area contributed by atoms with E-state index in [9.17, 15) is 13.2 Å². The van der Waals surface area contributed by atoms with Crippen molar-refractivity contribution in [2.75, 3.05) is 24.2 Å². The molecule has 128 valence electrons. The van der Waals surface area contributed by atoms with Crippen LogP contribution in [-0.4, -0.2) is 49.7 Å². The van der Waals surface area contributed by atoms with Crippen molar-refractivity contribution in [3.05, 3.63) is 24.5 Å². The topological polar surface area (TPSA) is 92.3 Å². The summed E-state index contributed by atoms with van der Waals surface area (Å²) in [6.45, 7) is 2.97. The number of carbonyl (C=O) groups excluding carboxylic acids is 1. The number of aromatic nitrogens is 2. The maximum atomic E-state index is 11.8. The molecule has 1 fully saturated rings. The highest BCUT2D eigenvalue weighted by molar-refractivity contribution is 7.90. The third kappa shape index (κ3) is 3.48. The predicted molar refractivity (Wildman–Crippen MR) is 91.7 cm³/mol. The number of hydrogen-bond acceptors (Lipinski definition) is 6. The lowest BCUT2D eigenvalue weighted by Crippen LogP contribution is -2.47. The summed E-state index contributed by atoms with van der Waals surface area (Å²) in [6, 6.07) is 4.96. The van der Waals surface area contributed by atoms with Crippen LogP contribution in [-0.2, 0) is 14.6 Å². The van der Waals surface area contributed by atoms with Gasteiger partial charge in [-0.25, -0.2) is 18.4 Å². The summed E-state index contributed by atoms with van der Waals surface area (Å²) in [5.74, 6) is 0.661. The molecule has 2 aromatic rings. The van der Waals surface area contributed by atoms with Crippen molar-refractivity contribution >= 4 is 32.5 Å². The normalized spacial score (nSPS) is 18.6. The van der Waals surface area contributed by atoms with E-state index in [0.717, 1.165) is 19.4 Å². The van der Waals surface area contributed by atoms with Crippen molar-refractivity contribution in [3.8, 4) is 0 Å². The number of fused-ring (bicyclic) bond motifs is 1. The molecule has 1 amide bonds. The first-order chi connectivity index (χ1) is 11.3. The van der Waals surface area contributed by atoms with Crippen molar-refractivity contribution < 1.29 is 13.2 Å². The number of anilines is 1. The fourth-order valence-electron chi connectivity index (χ4n) is 3.08. The predicted octanol–water partition coefficient (Wildman–Crippen LogP) is 1.14. The second-order valence-electron chi connectivity index (χ2n) is 6.13. The Morgan fingerprint density at radius 1 is 1.33 bits per heavy atom. The molecule has 1 aliphatic heterocycles. The van der Waals surface area contributed by atoms with Gasteiger partial charge in [0.05, 0.1) is 10.4 Å². The number of nitrogens with one attached hydrogen (secondary N) is 1. The van der Waals surface area contributed by atoms with Crippen molar-refractivity contribution in [1.29, 1.82) is 0 Å². The molecule has 0 bridgehead atoms. The molecule has 0 aliphatic carbocycles. The van der Waals surface area contributed by atoms with E-state index >= 15 is 0 Å². The van der Waals surface area contributed by atoms with Crippen LogP contribution >= 0.6 is 0 Å². The number of hydrogen-bond donors (Lipinski definition) is 1. The fraction of sp³-hybridized carbons (Fsp3) is 0.438. The van der Waals surface area contributed by atoms with Gasteiger partial charge in [-0.2, -0.15) is 0 Å². The first-order valence-electron chi connectivity index (χ1n) is 7.81. The number of benzene rings is 1. The van der Waals surface area contributed by atoms with Crippen LogP contribution in [0.25, 0.3) is 10.9 Å². The van der Waals surface area contributed by atoms with Crippen LogP contribution in [0.15, 0.2) is 29.4 Å². The van der Waals surface area contributed by atoms with Crippen molar-refractivity contribution in [2.45, 2.75) is 30.7 Å².